The van der Waals surface area contributed by atoms with Crippen LogP contribution in [0.1, 0.15) is 16.1 Å². The fourth-order valence-corrected chi connectivity index (χ4v) is 4.46. The van der Waals surface area contributed by atoms with Crippen molar-refractivity contribution in [2.24, 2.45) is 0 Å². The number of methoxy groups -OCH3 is 1. The Labute approximate surface area is 202 Å². The summed E-state index contributed by atoms with van der Waals surface area (Å²) in [6.07, 6.45) is 0. The molecule has 0 radical (unpaired) electrons. The average molecular weight is 507 g/mol. The van der Waals surface area contributed by atoms with E-state index < -0.39 is 5.97 Å². The summed E-state index contributed by atoms with van der Waals surface area (Å²) in [5.74, 6) is -0.165. The van der Waals surface area contributed by atoms with Crippen molar-refractivity contribution in [3.8, 4) is 5.75 Å². The number of carbonyl (C=O) groups is 1. The normalized spacial score (nSPS) is 14.1. The van der Waals surface area contributed by atoms with Gasteiger partial charge in [-0.2, -0.15) is 0 Å². The van der Waals surface area contributed by atoms with Crippen molar-refractivity contribution >= 4 is 70.6 Å². The molecule has 3 aromatic rings. The highest BCUT2D eigenvalue weighted by Crippen LogP contribution is 2.33. The monoisotopic (exact) mass is 505 g/mol. The first-order valence-electron chi connectivity index (χ1n) is 9.30. The lowest BCUT2D eigenvalue weighted by molar-refractivity contribution is 0.0689. The number of fused-ring (bicyclic) bond motifs is 1. The van der Waals surface area contributed by atoms with Gasteiger partial charge in [0.15, 0.2) is 0 Å². The van der Waals surface area contributed by atoms with Gasteiger partial charge in [-0.05, 0) is 24.3 Å². The van der Waals surface area contributed by atoms with Gasteiger partial charge >= 0.3 is 5.97 Å². The molecule has 2 N–H and O–H groups in total. The zero-order chi connectivity index (χ0) is 20.5. The number of H-pyrrole nitrogens is 1. The Morgan fingerprint density at radius 2 is 1.84 bits per heavy atom. The standard InChI is InChI=1S/C21H21Cl2N3O3.2ClH/c1-29-15-4-2-3-14(11-15)26-7-5-25(6-8-26)12-16-19-17(23)9-13(22)10-18(19)24-20(16)21(27)28;;/h2-4,9-11,24H,5-8,12H2,1H3,(H,27,28);2*1H. The maximum Gasteiger partial charge on any atom is 0.352 e. The van der Waals surface area contributed by atoms with Crippen molar-refractivity contribution in [1.29, 1.82) is 0 Å². The summed E-state index contributed by atoms with van der Waals surface area (Å²) >= 11 is 12.5. The maximum atomic E-state index is 11.8. The van der Waals surface area contributed by atoms with Crippen LogP contribution in [0, 0.1) is 0 Å². The van der Waals surface area contributed by atoms with Gasteiger partial charge in [0, 0.05) is 66.0 Å². The van der Waals surface area contributed by atoms with E-state index in [1.54, 1.807) is 19.2 Å². The van der Waals surface area contributed by atoms with Crippen LogP contribution in [0.15, 0.2) is 36.4 Å². The van der Waals surface area contributed by atoms with Crippen molar-refractivity contribution < 1.29 is 14.6 Å². The first kappa shape index (κ1) is 25.4. The third-order valence-corrected chi connectivity index (χ3v) is 5.82. The number of nitrogens with zero attached hydrogens (tertiary/aromatic N) is 2. The number of aromatic carboxylic acids is 1. The minimum Gasteiger partial charge on any atom is -0.497 e. The van der Waals surface area contributed by atoms with Crippen LogP contribution in [0.3, 0.4) is 0 Å². The van der Waals surface area contributed by atoms with E-state index in [9.17, 15) is 9.90 Å². The van der Waals surface area contributed by atoms with E-state index in [1.807, 2.05) is 18.2 Å². The molecule has 31 heavy (non-hydrogen) atoms. The lowest BCUT2D eigenvalue weighted by atomic mass is 10.1. The number of ether oxygens (including phenoxy) is 1. The number of carboxylic acid groups (broad SMARTS) is 1. The van der Waals surface area contributed by atoms with E-state index >= 15 is 0 Å². The van der Waals surface area contributed by atoms with Crippen molar-refractivity contribution in [3.63, 3.8) is 0 Å². The van der Waals surface area contributed by atoms with E-state index in [1.165, 1.54) is 0 Å². The maximum absolute atomic E-state index is 11.8. The van der Waals surface area contributed by atoms with E-state index in [-0.39, 0.29) is 30.5 Å². The van der Waals surface area contributed by atoms with Crippen LogP contribution in [0.2, 0.25) is 10.0 Å². The van der Waals surface area contributed by atoms with Crippen molar-refractivity contribution in [1.82, 2.24) is 9.88 Å². The van der Waals surface area contributed by atoms with Crippen LogP contribution in [0.25, 0.3) is 10.9 Å². The Morgan fingerprint density at radius 1 is 1.13 bits per heavy atom. The first-order chi connectivity index (χ1) is 14.0. The molecule has 1 fully saturated rings. The Morgan fingerprint density at radius 3 is 2.48 bits per heavy atom. The molecule has 0 unspecified atom stereocenters. The van der Waals surface area contributed by atoms with Gasteiger partial charge in [-0.3, -0.25) is 4.90 Å². The lowest BCUT2D eigenvalue weighted by Gasteiger charge is -2.36. The molecule has 0 saturated carbocycles. The summed E-state index contributed by atoms with van der Waals surface area (Å²) in [5, 5.41) is 11.3. The van der Waals surface area contributed by atoms with Gasteiger partial charge in [-0.1, -0.05) is 29.3 Å². The summed E-state index contributed by atoms with van der Waals surface area (Å²) in [6, 6.07) is 11.4. The molecule has 0 spiro atoms. The molecule has 2 heterocycles. The molecule has 1 aliphatic heterocycles. The number of halogens is 4. The molecule has 168 valence electrons. The number of hydrogen-bond acceptors (Lipinski definition) is 4. The number of aromatic amines is 1. The number of hydrogen-bond donors (Lipinski definition) is 2. The smallest absolute Gasteiger partial charge is 0.352 e. The molecule has 1 aliphatic rings. The fraction of sp³-hybridized carbons (Fsp3) is 0.286. The van der Waals surface area contributed by atoms with Gasteiger partial charge in [0.1, 0.15) is 11.4 Å². The van der Waals surface area contributed by atoms with Crippen LogP contribution in [-0.4, -0.2) is 54.2 Å². The largest absolute Gasteiger partial charge is 0.497 e. The zero-order valence-electron chi connectivity index (χ0n) is 16.7. The van der Waals surface area contributed by atoms with E-state index in [2.05, 4.69) is 20.9 Å². The van der Waals surface area contributed by atoms with Crippen LogP contribution in [-0.2, 0) is 6.54 Å². The quantitative estimate of drug-likeness (QED) is 0.488. The van der Waals surface area contributed by atoms with E-state index in [0.717, 1.165) is 43.0 Å². The molecular formula is C21H23Cl4N3O3. The minimum atomic E-state index is -1.00. The van der Waals surface area contributed by atoms with E-state index in [4.69, 9.17) is 27.9 Å². The van der Waals surface area contributed by atoms with Gasteiger partial charge in [0.25, 0.3) is 0 Å². The minimum absolute atomic E-state index is 0. The van der Waals surface area contributed by atoms with Crippen molar-refractivity contribution in [3.05, 3.63) is 57.7 Å². The van der Waals surface area contributed by atoms with Gasteiger partial charge in [-0.25, -0.2) is 4.79 Å². The molecule has 1 aromatic heterocycles. The van der Waals surface area contributed by atoms with Gasteiger partial charge < -0.3 is 19.7 Å². The second kappa shape index (κ2) is 10.7. The average Bonchev–Trinajstić information content (AvgIpc) is 3.07. The highest BCUT2D eigenvalue weighted by atomic mass is 35.5. The molecule has 4 rings (SSSR count). The Kier molecular flexibility index (Phi) is 8.74. The summed E-state index contributed by atoms with van der Waals surface area (Å²) in [6.45, 7) is 3.83. The SMILES string of the molecule is COc1cccc(N2CCN(Cc3c(C(=O)O)[nH]c4cc(Cl)cc(Cl)c34)CC2)c1.Cl.Cl. The zero-order valence-corrected chi connectivity index (χ0v) is 19.9. The molecule has 0 bridgehead atoms. The van der Waals surface area contributed by atoms with Gasteiger partial charge in [-0.15, -0.1) is 24.8 Å². The second-order valence-corrected chi connectivity index (χ2v) is 7.90. The molecule has 0 aliphatic carbocycles. The summed E-state index contributed by atoms with van der Waals surface area (Å²) < 4.78 is 5.31. The number of aromatic nitrogens is 1. The van der Waals surface area contributed by atoms with Gasteiger partial charge in [0.2, 0.25) is 0 Å². The number of carboxylic acids is 1. The second-order valence-electron chi connectivity index (χ2n) is 7.06. The summed E-state index contributed by atoms with van der Waals surface area (Å²) in [7, 11) is 1.66. The van der Waals surface area contributed by atoms with E-state index in [0.29, 0.717) is 27.7 Å². The molecule has 0 atom stereocenters. The van der Waals surface area contributed by atoms with Crippen molar-refractivity contribution in [2.75, 3.05) is 38.2 Å². The Balaban J connectivity index is 0.00000171. The number of nitrogens with one attached hydrogen (secondary N) is 1. The molecule has 6 nitrogen and oxygen atoms in total. The summed E-state index contributed by atoms with van der Waals surface area (Å²) in [5.41, 5.74) is 2.63. The first-order valence-corrected chi connectivity index (χ1v) is 10.1. The molecule has 0 amide bonds. The highest BCUT2D eigenvalue weighted by molar-refractivity contribution is 6.39. The van der Waals surface area contributed by atoms with Crippen LogP contribution < -0.4 is 9.64 Å². The number of rotatable bonds is 5. The van der Waals surface area contributed by atoms with Crippen LogP contribution in [0.5, 0.6) is 5.75 Å². The topological polar surface area (TPSA) is 68.8 Å². The third kappa shape index (κ3) is 5.33. The molecule has 10 heteroatoms. The Bertz CT molecular complexity index is 1070. The Hall–Kier alpha value is -1.83. The predicted octanol–water partition coefficient (Wildman–Crippen LogP) is 5.35. The van der Waals surface area contributed by atoms with Crippen LogP contribution >= 0.6 is 48.0 Å². The highest BCUT2D eigenvalue weighted by Gasteiger charge is 2.24. The fourth-order valence-electron chi connectivity index (χ4n) is 3.85. The van der Waals surface area contributed by atoms with Gasteiger partial charge in [0.05, 0.1) is 12.1 Å². The number of piperazine rings is 1. The predicted molar refractivity (Wildman–Crippen MR) is 130 cm³/mol. The molecule has 1 saturated heterocycles. The number of benzene rings is 2. The molecule has 2 aromatic carbocycles. The van der Waals surface area contributed by atoms with Crippen LogP contribution in [0.4, 0.5) is 5.69 Å². The molecular weight excluding hydrogens is 484 g/mol. The number of anilines is 1. The lowest BCUT2D eigenvalue weighted by Crippen LogP contribution is -2.46. The third-order valence-electron chi connectivity index (χ3n) is 5.30. The van der Waals surface area contributed by atoms with Crippen molar-refractivity contribution in [2.45, 2.75) is 6.54 Å². The summed E-state index contributed by atoms with van der Waals surface area (Å²) in [4.78, 5) is 19.3.